The molecular weight excluding hydrogens is 126 g/mol. The van der Waals surface area contributed by atoms with Gasteiger partial charge in [-0.15, -0.1) is 0 Å². The summed E-state index contributed by atoms with van der Waals surface area (Å²) < 4.78 is 5.77. The smallest absolute Gasteiger partial charge is 0.0627 e. The van der Waals surface area contributed by atoms with E-state index in [0.29, 0.717) is 12.2 Å². The first kappa shape index (κ1) is 5.56. The molecule has 2 heteroatoms. The van der Waals surface area contributed by atoms with Crippen LogP contribution in [0.15, 0.2) is 0 Å². The van der Waals surface area contributed by atoms with Crippen LogP contribution in [0.25, 0.3) is 0 Å². The van der Waals surface area contributed by atoms with Gasteiger partial charge in [-0.2, -0.15) is 0 Å². The van der Waals surface area contributed by atoms with Crippen molar-refractivity contribution >= 4 is 0 Å². The molecule has 1 N–H and O–H groups in total. The van der Waals surface area contributed by atoms with Crippen molar-refractivity contribution in [2.45, 2.75) is 25.0 Å². The third-order valence-corrected chi connectivity index (χ3v) is 3.15. The van der Waals surface area contributed by atoms with E-state index in [9.17, 15) is 0 Å². The van der Waals surface area contributed by atoms with Crippen LogP contribution in [0.3, 0.4) is 0 Å². The maximum absolute atomic E-state index is 5.77. The molecule has 4 unspecified atom stereocenters. The Hall–Kier alpha value is -0.0800. The van der Waals surface area contributed by atoms with Crippen molar-refractivity contribution in [1.29, 1.82) is 0 Å². The second-order valence-electron chi connectivity index (χ2n) is 3.61. The van der Waals surface area contributed by atoms with Crippen molar-refractivity contribution in [1.82, 2.24) is 5.32 Å². The van der Waals surface area contributed by atoms with Crippen molar-refractivity contribution < 1.29 is 4.74 Å². The van der Waals surface area contributed by atoms with Gasteiger partial charge in [-0.1, -0.05) is 0 Å². The molecular formula is C8H12NO. The lowest BCUT2D eigenvalue weighted by Crippen LogP contribution is -2.24. The molecule has 3 aliphatic rings. The van der Waals surface area contributed by atoms with Gasteiger partial charge in [0.05, 0.1) is 12.2 Å². The first-order valence-electron chi connectivity index (χ1n) is 4.17. The Bertz CT molecular complexity index is 143. The van der Waals surface area contributed by atoms with E-state index in [1.807, 2.05) is 0 Å². The summed E-state index contributed by atoms with van der Waals surface area (Å²) in [5.41, 5.74) is 0. The first-order chi connectivity index (χ1) is 4.95. The average molecular weight is 138 g/mol. The third-order valence-electron chi connectivity index (χ3n) is 3.15. The highest BCUT2D eigenvalue weighted by atomic mass is 16.5. The molecule has 2 nitrogen and oxygen atoms in total. The minimum atomic E-state index is 0.574. The zero-order valence-corrected chi connectivity index (χ0v) is 5.92. The van der Waals surface area contributed by atoms with E-state index in [1.165, 1.54) is 12.8 Å². The lowest BCUT2D eigenvalue weighted by molar-refractivity contribution is 0.0857. The van der Waals surface area contributed by atoms with Gasteiger partial charge in [0.15, 0.2) is 0 Å². The lowest BCUT2D eigenvalue weighted by Gasteiger charge is -2.18. The highest BCUT2D eigenvalue weighted by molar-refractivity contribution is 5.05. The molecule has 0 spiro atoms. The van der Waals surface area contributed by atoms with Crippen LogP contribution in [-0.4, -0.2) is 18.8 Å². The molecule has 0 aromatic rings. The van der Waals surface area contributed by atoms with Gasteiger partial charge < -0.3 is 10.1 Å². The Balaban J connectivity index is 1.92. The largest absolute Gasteiger partial charge is 0.374 e. The van der Waals surface area contributed by atoms with Gasteiger partial charge >= 0.3 is 0 Å². The number of hydrogen-bond donors (Lipinski definition) is 1. The fourth-order valence-corrected chi connectivity index (χ4v) is 2.65. The summed E-state index contributed by atoms with van der Waals surface area (Å²) in [5.74, 6) is 1.57. The maximum atomic E-state index is 5.77. The van der Waals surface area contributed by atoms with Crippen LogP contribution in [-0.2, 0) is 4.74 Å². The summed E-state index contributed by atoms with van der Waals surface area (Å²) in [6.45, 7) is 3.40. The molecule has 3 fully saturated rings. The fraction of sp³-hybridized carbons (Fsp3) is 0.875. The SMILES string of the molecule is [CH]1NCC2C3CCC(O3)C12. The van der Waals surface area contributed by atoms with Gasteiger partial charge in [-0.25, -0.2) is 0 Å². The predicted molar refractivity (Wildman–Crippen MR) is 37.2 cm³/mol. The van der Waals surface area contributed by atoms with Crippen LogP contribution in [0.2, 0.25) is 0 Å². The van der Waals surface area contributed by atoms with E-state index in [4.69, 9.17) is 4.74 Å². The first-order valence-corrected chi connectivity index (χ1v) is 4.17. The van der Waals surface area contributed by atoms with Crippen LogP contribution in [0.5, 0.6) is 0 Å². The Morgan fingerprint density at radius 1 is 1.30 bits per heavy atom. The topological polar surface area (TPSA) is 21.3 Å². The third kappa shape index (κ3) is 0.523. The summed E-state index contributed by atoms with van der Waals surface area (Å²) in [5, 5.41) is 3.32. The highest BCUT2D eigenvalue weighted by Crippen LogP contribution is 2.46. The molecule has 0 amide bonds. The van der Waals surface area contributed by atoms with Gasteiger partial charge in [0.2, 0.25) is 0 Å². The van der Waals surface area contributed by atoms with Crippen LogP contribution >= 0.6 is 0 Å². The molecule has 10 heavy (non-hydrogen) atoms. The molecule has 0 aromatic heterocycles. The van der Waals surface area contributed by atoms with Gasteiger partial charge in [-0.05, 0) is 12.8 Å². The molecule has 55 valence electrons. The van der Waals surface area contributed by atoms with Gasteiger partial charge in [0.1, 0.15) is 0 Å². The van der Waals surface area contributed by atoms with E-state index < -0.39 is 0 Å². The van der Waals surface area contributed by atoms with Gasteiger partial charge in [-0.3, -0.25) is 0 Å². The van der Waals surface area contributed by atoms with E-state index in [2.05, 4.69) is 11.9 Å². The second kappa shape index (κ2) is 1.74. The van der Waals surface area contributed by atoms with Crippen LogP contribution in [0, 0.1) is 18.4 Å². The molecule has 3 rings (SSSR count). The molecule has 0 aliphatic carbocycles. The summed E-state index contributed by atoms with van der Waals surface area (Å²) in [4.78, 5) is 0. The number of ether oxygens (including phenoxy) is 1. The van der Waals surface area contributed by atoms with E-state index >= 15 is 0 Å². The Kier molecular flexibility index (Phi) is 0.968. The summed E-state index contributed by atoms with van der Waals surface area (Å²) in [6, 6.07) is 0. The Morgan fingerprint density at radius 3 is 3.10 bits per heavy atom. The van der Waals surface area contributed by atoms with Crippen molar-refractivity contribution in [3.05, 3.63) is 6.54 Å². The minimum absolute atomic E-state index is 0.574. The van der Waals surface area contributed by atoms with Crippen molar-refractivity contribution in [3.8, 4) is 0 Å². The zero-order chi connectivity index (χ0) is 6.55. The molecule has 2 bridgehead atoms. The standard InChI is InChI=1S/C8H12NO/c1-2-8-6-4-9-3-5(6)7(1)10-8/h3,5-9H,1-2,4H2. The summed E-state index contributed by atoms with van der Waals surface area (Å²) >= 11 is 0. The number of nitrogens with one attached hydrogen (secondary N) is 1. The molecule has 0 saturated carbocycles. The predicted octanol–water partition coefficient (Wildman–Crippen LogP) is 0.545. The van der Waals surface area contributed by atoms with Crippen molar-refractivity contribution in [2.24, 2.45) is 11.8 Å². The summed E-state index contributed by atoms with van der Waals surface area (Å²) in [6.07, 6.45) is 3.78. The van der Waals surface area contributed by atoms with E-state index in [0.717, 1.165) is 18.4 Å². The Labute approximate surface area is 60.9 Å². The number of hydrogen-bond acceptors (Lipinski definition) is 2. The maximum Gasteiger partial charge on any atom is 0.0627 e. The fourth-order valence-electron chi connectivity index (χ4n) is 2.65. The van der Waals surface area contributed by atoms with Gasteiger partial charge in [0, 0.05) is 24.9 Å². The number of fused-ring (bicyclic) bond motifs is 5. The molecule has 3 saturated heterocycles. The average Bonchev–Trinajstić information content (AvgIpc) is 2.60. The molecule has 1 radical (unpaired) electrons. The second-order valence-corrected chi connectivity index (χ2v) is 3.61. The molecule has 3 heterocycles. The van der Waals surface area contributed by atoms with Crippen molar-refractivity contribution in [3.63, 3.8) is 0 Å². The normalized spacial score (nSPS) is 57.6. The lowest BCUT2D eigenvalue weighted by atomic mass is 9.82. The van der Waals surface area contributed by atoms with Crippen molar-refractivity contribution in [2.75, 3.05) is 6.54 Å². The molecule has 3 aliphatic heterocycles. The van der Waals surface area contributed by atoms with E-state index in [1.54, 1.807) is 0 Å². The van der Waals surface area contributed by atoms with Crippen LogP contribution in [0.4, 0.5) is 0 Å². The molecule has 4 atom stereocenters. The monoisotopic (exact) mass is 138 g/mol. The summed E-state index contributed by atoms with van der Waals surface area (Å²) in [7, 11) is 0. The quantitative estimate of drug-likeness (QED) is 0.527. The van der Waals surface area contributed by atoms with Crippen LogP contribution < -0.4 is 5.32 Å². The van der Waals surface area contributed by atoms with Gasteiger partial charge in [0.25, 0.3) is 0 Å². The zero-order valence-electron chi connectivity index (χ0n) is 5.92. The minimum Gasteiger partial charge on any atom is -0.374 e. The van der Waals surface area contributed by atoms with Crippen LogP contribution in [0.1, 0.15) is 12.8 Å². The highest BCUT2D eigenvalue weighted by Gasteiger charge is 2.50. The molecule has 0 aromatic carbocycles. The number of rotatable bonds is 0. The van der Waals surface area contributed by atoms with E-state index in [-0.39, 0.29) is 0 Å². The Morgan fingerprint density at radius 2 is 2.20 bits per heavy atom.